The molecule has 0 aliphatic carbocycles. The van der Waals surface area contributed by atoms with Crippen molar-refractivity contribution < 1.29 is 4.98 Å². The van der Waals surface area contributed by atoms with Crippen molar-refractivity contribution in [3.63, 3.8) is 0 Å². The standard InChI is InChI=1S/C16H20N2/c1-16(2,3)14-9-7-13(8-10-14)12-18-15-6-4-5-11-17-15/h4-11H,12H2,1-3H3,(H,17,18)/p+1. The van der Waals surface area contributed by atoms with Gasteiger partial charge in [0.1, 0.15) is 6.54 Å². The van der Waals surface area contributed by atoms with E-state index in [1.165, 1.54) is 11.1 Å². The van der Waals surface area contributed by atoms with Gasteiger partial charge in [0.15, 0.2) is 0 Å². The molecule has 1 heterocycles. The summed E-state index contributed by atoms with van der Waals surface area (Å²) in [7, 11) is 0. The molecule has 0 aliphatic rings. The third-order valence-corrected chi connectivity index (χ3v) is 3.01. The van der Waals surface area contributed by atoms with Crippen LogP contribution in [0.2, 0.25) is 0 Å². The van der Waals surface area contributed by atoms with Gasteiger partial charge in [-0.3, -0.25) is 5.32 Å². The highest BCUT2D eigenvalue weighted by atomic mass is 15.0. The summed E-state index contributed by atoms with van der Waals surface area (Å²) in [5.41, 5.74) is 2.89. The molecular formula is C16H21N2+. The number of H-pyrrole nitrogens is 1. The molecule has 0 radical (unpaired) electrons. The van der Waals surface area contributed by atoms with Crippen LogP contribution >= 0.6 is 0 Å². The van der Waals surface area contributed by atoms with Crippen LogP contribution in [0.3, 0.4) is 0 Å². The predicted octanol–water partition coefficient (Wildman–Crippen LogP) is 3.41. The van der Waals surface area contributed by atoms with Crippen molar-refractivity contribution in [2.75, 3.05) is 5.32 Å². The van der Waals surface area contributed by atoms with Crippen molar-refractivity contribution in [1.82, 2.24) is 0 Å². The maximum Gasteiger partial charge on any atom is 0.272 e. The Morgan fingerprint density at radius 1 is 1.00 bits per heavy atom. The summed E-state index contributed by atoms with van der Waals surface area (Å²) >= 11 is 0. The summed E-state index contributed by atoms with van der Waals surface area (Å²) in [5, 5.41) is 3.36. The topological polar surface area (TPSA) is 26.2 Å². The monoisotopic (exact) mass is 241 g/mol. The van der Waals surface area contributed by atoms with Crippen molar-refractivity contribution in [2.24, 2.45) is 0 Å². The largest absolute Gasteiger partial charge is 0.272 e. The Kier molecular flexibility index (Phi) is 3.66. The molecule has 0 bridgehead atoms. The smallest absolute Gasteiger partial charge is 0.270 e. The van der Waals surface area contributed by atoms with Crippen molar-refractivity contribution in [2.45, 2.75) is 32.7 Å². The van der Waals surface area contributed by atoms with Gasteiger partial charge >= 0.3 is 0 Å². The summed E-state index contributed by atoms with van der Waals surface area (Å²) in [4.78, 5) is 3.16. The number of aromatic amines is 1. The van der Waals surface area contributed by atoms with Crippen molar-refractivity contribution >= 4 is 5.82 Å². The van der Waals surface area contributed by atoms with E-state index in [1.54, 1.807) is 0 Å². The van der Waals surface area contributed by atoms with Gasteiger partial charge in [-0.1, -0.05) is 51.1 Å². The van der Waals surface area contributed by atoms with Gasteiger partial charge in [0.2, 0.25) is 0 Å². The van der Waals surface area contributed by atoms with Gasteiger partial charge < -0.3 is 0 Å². The van der Waals surface area contributed by atoms with Crippen LogP contribution in [0, 0.1) is 0 Å². The second-order valence-corrected chi connectivity index (χ2v) is 5.58. The zero-order chi connectivity index (χ0) is 13.0. The molecule has 2 N–H and O–H groups in total. The lowest BCUT2D eigenvalue weighted by Gasteiger charge is -2.18. The van der Waals surface area contributed by atoms with Crippen LogP contribution in [0.1, 0.15) is 31.9 Å². The minimum atomic E-state index is 0.221. The molecular weight excluding hydrogens is 220 g/mol. The van der Waals surface area contributed by atoms with Gasteiger partial charge in [0, 0.05) is 6.07 Å². The van der Waals surface area contributed by atoms with Gasteiger partial charge in [-0.2, -0.15) is 0 Å². The fourth-order valence-corrected chi connectivity index (χ4v) is 1.82. The molecule has 0 aliphatic heterocycles. The number of aromatic nitrogens is 1. The number of benzene rings is 1. The lowest BCUT2D eigenvalue weighted by molar-refractivity contribution is -0.361. The summed E-state index contributed by atoms with van der Waals surface area (Å²) in [6, 6.07) is 14.8. The number of hydrogen-bond acceptors (Lipinski definition) is 1. The minimum absolute atomic E-state index is 0.221. The van der Waals surface area contributed by atoms with Crippen molar-refractivity contribution in [3.8, 4) is 0 Å². The number of anilines is 1. The molecule has 1 aromatic heterocycles. The zero-order valence-electron chi connectivity index (χ0n) is 11.3. The molecule has 0 unspecified atom stereocenters. The Morgan fingerprint density at radius 3 is 2.28 bits per heavy atom. The lowest BCUT2D eigenvalue weighted by atomic mass is 9.87. The minimum Gasteiger partial charge on any atom is -0.270 e. The first-order chi connectivity index (χ1) is 8.55. The predicted molar refractivity (Wildman–Crippen MR) is 75.5 cm³/mol. The van der Waals surface area contributed by atoms with Gasteiger partial charge in [0.05, 0.1) is 6.20 Å². The highest BCUT2D eigenvalue weighted by molar-refractivity contribution is 5.32. The fourth-order valence-electron chi connectivity index (χ4n) is 1.82. The van der Waals surface area contributed by atoms with E-state index in [0.29, 0.717) is 0 Å². The van der Waals surface area contributed by atoms with E-state index in [0.717, 1.165) is 12.4 Å². The maximum absolute atomic E-state index is 3.36. The van der Waals surface area contributed by atoms with Gasteiger partial charge in [-0.05, 0) is 22.6 Å². The lowest BCUT2D eigenvalue weighted by Crippen LogP contribution is -2.13. The van der Waals surface area contributed by atoms with Crippen LogP contribution < -0.4 is 10.3 Å². The van der Waals surface area contributed by atoms with Gasteiger partial charge in [-0.15, -0.1) is 0 Å². The van der Waals surface area contributed by atoms with Crippen LogP contribution in [0.5, 0.6) is 0 Å². The quantitative estimate of drug-likeness (QED) is 0.875. The molecule has 0 atom stereocenters. The first kappa shape index (κ1) is 12.6. The van der Waals surface area contributed by atoms with Crippen LogP contribution in [0.4, 0.5) is 5.82 Å². The molecule has 18 heavy (non-hydrogen) atoms. The molecule has 0 saturated carbocycles. The normalized spacial score (nSPS) is 11.3. The third-order valence-electron chi connectivity index (χ3n) is 3.01. The average molecular weight is 241 g/mol. The maximum atomic E-state index is 3.36. The van der Waals surface area contributed by atoms with E-state index < -0.39 is 0 Å². The zero-order valence-corrected chi connectivity index (χ0v) is 11.3. The van der Waals surface area contributed by atoms with Gasteiger partial charge in [-0.25, -0.2) is 4.98 Å². The molecule has 94 valence electrons. The molecule has 2 heteroatoms. The highest BCUT2D eigenvalue weighted by Gasteiger charge is 2.12. The fraction of sp³-hybridized carbons (Fsp3) is 0.312. The van der Waals surface area contributed by atoms with Crippen molar-refractivity contribution in [3.05, 3.63) is 59.8 Å². The highest BCUT2D eigenvalue weighted by Crippen LogP contribution is 2.22. The number of pyridine rings is 1. The molecule has 0 amide bonds. The second kappa shape index (κ2) is 5.21. The Labute approximate surface area is 109 Å². The van der Waals surface area contributed by atoms with Crippen molar-refractivity contribution in [1.29, 1.82) is 0 Å². The Hall–Kier alpha value is -1.83. The van der Waals surface area contributed by atoms with Crippen LogP contribution in [0.25, 0.3) is 0 Å². The molecule has 1 aromatic carbocycles. The second-order valence-electron chi connectivity index (χ2n) is 5.58. The third kappa shape index (κ3) is 3.33. The average Bonchev–Trinajstić information content (AvgIpc) is 2.37. The van der Waals surface area contributed by atoms with E-state index in [2.05, 4.69) is 55.3 Å². The van der Waals surface area contributed by atoms with Gasteiger partial charge in [0.25, 0.3) is 5.82 Å². The van der Waals surface area contributed by atoms with Crippen LogP contribution in [-0.2, 0) is 12.0 Å². The molecule has 2 aromatic rings. The number of hydrogen-bond donors (Lipinski definition) is 1. The molecule has 0 fully saturated rings. The Morgan fingerprint density at radius 2 is 1.72 bits per heavy atom. The van der Waals surface area contributed by atoms with E-state index in [1.807, 2.05) is 24.4 Å². The first-order valence-corrected chi connectivity index (χ1v) is 6.36. The van der Waals surface area contributed by atoms with E-state index in [-0.39, 0.29) is 5.41 Å². The first-order valence-electron chi connectivity index (χ1n) is 6.36. The summed E-state index contributed by atoms with van der Waals surface area (Å²) in [5.74, 6) is 1.04. The number of rotatable bonds is 3. The summed E-state index contributed by atoms with van der Waals surface area (Å²) in [6.07, 6.45) is 1.92. The van der Waals surface area contributed by atoms with Crippen LogP contribution in [-0.4, -0.2) is 0 Å². The Bertz CT molecular complexity index is 481. The number of nitrogens with one attached hydrogen (secondary N) is 2. The molecule has 0 spiro atoms. The van der Waals surface area contributed by atoms with E-state index >= 15 is 0 Å². The SMILES string of the molecule is CC(C)(C)c1ccc(CNc2cccc[nH+]2)cc1. The molecule has 0 saturated heterocycles. The van der Waals surface area contributed by atoms with E-state index in [9.17, 15) is 0 Å². The van der Waals surface area contributed by atoms with E-state index in [4.69, 9.17) is 0 Å². The Balaban J connectivity index is 1.99. The van der Waals surface area contributed by atoms with Crippen LogP contribution in [0.15, 0.2) is 48.7 Å². The summed E-state index contributed by atoms with van der Waals surface area (Å²) in [6.45, 7) is 7.54. The molecule has 2 nitrogen and oxygen atoms in total. The summed E-state index contributed by atoms with van der Waals surface area (Å²) < 4.78 is 0. The molecule has 2 rings (SSSR count).